The second kappa shape index (κ2) is 10.3. The molecule has 6 heteroatoms. The number of hydrogen-bond donors (Lipinski definition) is 0. The van der Waals surface area contributed by atoms with E-state index in [-0.39, 0.29) is 5.91 Å². The van der Waals surface area contributed by atoms with Crippen LogP contribution < -0.4 is 9.47 Å². The van der Waals surface area contributed by atoms with Crippen molar-refractivity contribution in [3.05, 3.63) is 58.5 Å². The van der Waals surface area contributed by atoms with Crippen LogP contribution in [0.2, 0.25) is 0 Å². The molecular weight excluding hydrogens is 396 g/mol. The zero-order valence-corrected chi connectivity index (χ0v) is 18.8. The lowest BCUT2D eigenvalue weighted by Crippen LogP contribution is -2.28. The zero-order valence-electron chi connectivity index (χ0n) is 18.0. The molecule has 0 atom stereocenters. The van der Waals surface area contributed by atoms with Crippen molar-refractivity contribution in [2.24, 2.45) is 4.99 Å². The SMILES string of the molecule is CCCOc1c(/C=C2\SC(=Nc3ccccc3CC)N(CC)C2=O)cccc1OC. The van der Waals surface area contributed by atoms with Gasteiger partial charge in [0.2, 0.25) is 0 Å². The highest BCUT2D eigenvalue weighted by Gasteiger charge is 2.32. The second-order valence-electron chi connectivity index (χ2n) is 6.76. The normalized spacial score (nSPS) is 16.5. The molecule has 0 N–H and O–H groups in total. The third kappa shape index (κ3) is 4.70. The van der Waals surface area contributed by atoms with Gasteiger partial charge in [0.1, 0.15) is 0 Å². The minimum Gasteiger partial charge on any atom is -0.493 e. The van der Waals surface area contributed by atoms with Gasteiger partial charge in [0, 0.05) is 12.1 Å². The van der Waals surface area contributed by atoms with Crippen molar-refractivity contribution in [1.82, 2.24) is 4.90 Å². The minimum atomic E-state index is -0.0421. The third-order valence-electron chi connectivity index (χ3n) is 4.76. The van der Waals surface area contributed by atoms with Crippen molar-refractivity contribution in [3.63, 3.8) is 0 Å². The summed E-state index contributed by atoms with van der Waals surface area (Å²) in [7, 11) is 1.62. The molecular formula is C24H28N2O3S. The lowest BCUT2D eigenvalue weighted by atomic mass is 10.1. The van der Waals surface area contributed by atoms with E-state index in [0.29, 0.717) is 34.7 Å². The van der Waals surface area contributed by atoms with Crippen molar-refractivity contribution in [1.29, 1.82) is 0 Å². The van der Waals surface area contributed by atoms with Gasteiger partial charge in [0.25, 0.3) is 5.91 Å². The van der Waals surface area contributed by atoms with Crippen LogP contribution >= 0.6 is 11.8 Å². The molecule has 0 radical (unpaired) electrons. The van der Waals surface area contributed by atoms with Crippen molar-refractivity contribution in [2.75, 3.05) is 20.3 Å². The highest BCUT2D eigenvalue weighted by Crippen LogP contribution is 2.38. The zero-order chi connectivity index (χ0) is 21.5. The fraction of sp³-hybridized carbons (Fsp3) is 0.333. The number of nitrogens with zero attached hydrogens (tertiary/aromatic N) is 2. The molecule has 3 rings (SSSR count). The Hall–Kier alpha value is -2.73. The Labute approximate surface area is 182 Å². The highest BCUT2D eigenvalue weighted by atomic mass is 32.2. The molecule has 1 saturated heterocycles. The smallest absolute Gasteiger partial charge is 0.266 e. The number of amidine groups is 1. The van der Waals surface area contributed by atoms with Crippen LogP contribution in [0.5, 0.6) is 11.5 Å². The van der Waals surface area contributed by atoms with Gasteiger partial charge < -0.3 is 9.47 Å². The largest absolute Gasteiger partial charge is 0.493 e. The molecule has 0 saturated carbocycles. The summed E-state index contributed by atoms with van der Waals surface area (Å²) >= 11 is 1.40. The average molecular weight is 425 g/mol. The van der Waals surface area contributed by atoms with E-state index in [9.17, 15) is 4.79 Å². The second-order valence-corrected chi connectivity index (χ2v) is 7.77. The molecule has 30 heavy (non-hydrogen) atoms. The number of benzene rings is 2. The maximum Gasteiger partial charge on any atom is 0.266 e. The van der Waals surface area contributed by atoms with Gasteiger partial charge in [0.05, 0.1) is 24.3 Å². The fourth-order valence-corrected chi connectivity index (χ4v) is 4.25. The number of rotatable bonds is 8. The topological polar surface area (TPSA) is 51.1 Å². The summed E-state index contributed by atoms with van der Waals surface area (Å²) in [6, 6.07) is 13.8. The number of ether oxygens (including phenoxy) is 2. The van der Waals surface area contributed by atoms with Crippen molar-refractivity contribution < 1.29 is 14.3 Å². The number of amides is 1. The van der Waals surface area contributed by atoms with Gasteiger partial charge in [-0.1, -0.05) is 44.2 Å². The Balaban J connectivity index is 1.99. The molecule has 5 nitrogen and oxygen atoms in total. The van der Waals surface area contributed by atoms with E-state index in [4.69, 9.17) is 14.5 Å². The van der Waals surface area contributed by atoms with Crippen LogP contribution in [0.25, 0.3) is 6.08 Å². The number of aliphatic imine (C=N–C) groups is 1. The Morgan fingerprint density at radius 2 is 1.90 bits per heavy atom. The van der Waals surface area contributed by atoms with E-state index < -0.39 is 0 Å². The van der Waals surface area contributed by atoms with Gasteiger partial charge in [-0.15, -0.1) is 0 Å². The van der Waals surface area contributed by atoms with E-state index in [2.05, 4.69) is 19.9 Å². The molecule has 0 aromatic heterocycles. The monoisotopic (exact) mass is 424 g/mol. The lowest BCUT2D eigenvalue weighted by Gasteiger charge is -2.13. The quantitative estimate of drug-likeness (QED) is 0.512. The Kier molecular flexibility index (Phi) is 7.57. The fourth-order valence-electron chi connectivity index (χ4n) is 3.20. The summed E-state index contributed by atoms with van der Waals surface area (Å²) < 4.78 is 11.4. The van der Waals surface area contributed by atoms with Crippen molar-refractivity contribution in [2.45, 2.75) is 33.6 Å². The first-order valence-corrected chi connectivity index (χ1v) is 11.1. The van der Waals surface area contributed by atoms with Crippen molar-refractivity contribution >= 4 is 34.6 Å². The maximum atomic E-state index is 13.1. The van der Waals surface area contributed by atoms with Gasteiger partial charge in [-0.3, -0.25) is 9.69 Å². The van der Waals surface area contributed by atoms with Gasteiger partial charge >= 0.3 is 0 Å². The number of methoxy groups -OCH3 is 1. The molecule has 2 aromatic rings. The van der Waals surface area contributed by atoms with E-state index in [1.54, 1.807) is 12.0 Å². The van der Waals surface area contributed by atoms with Crippen LogP contribution in [0, 0.1) is 0 Å². The van der Waals surface area contributed by atoms with Crippen LogP contribution in [0.4, 0.5) is 5.69 Å². The number of hydrogen-bond acceptors (Lipinski definition) is 5. The van der Waals surface area contributed by atoms with Gasteiger partial charge in [-0.2, -0.15) is 0 Å². The number of carbonyl (C=O) groups is 1. The molecule has 1 fully saturated rings. The van der Waals surface area contributed by atoms with Gasteiger partial charge in [-0.25, -0.2) is 4.99 Å². The summed E-state index contributed by atoms with van der Waals surface area (Å²) in [6.45, 7) is 7.27. The number of thioether (sulfide) groups is 1. The average Bonchev–Trinajstić information content (AvgIpc) is 3.06. The maximum absolute atomic E-state index is 13.1. The van der Waals surface area contributed by atoms with E-state index in [0.717, 1.165) is 29.7 Å². The van der Waals surface area contributed by atoms with Crippen LogP contribution in [0.15, 0.2) is 52.4 Å². The van der Waals surface area contributed by atoms with Crippen LogP contribution in [-0.2, 0) is 11.2 Å². The molecule has 2 aromatic carbocycles. The summed E-state index contributed by atoms with van der Waals surface area (Å²) in [4.78, 5) is 20.2. The van der Waals surface area contributed by atoms with Crippen LogP contribution in [0.1, 0.15) is 38.3 Å². The predicted molar refractivity (Wildman–Crippen MR) is 125 cm³/mol. The summed E-state index contributed by atoms with van der Waals surface area (Å²) in [5.41, 5.74) is 2.89. The lowest BCUT2D eigenvalue weighted by molar-refractivity contribution is -0.122. The number of para-hydroxylation sites is 2. The number of aryl methyl sites for hydroxylation is 1. The molecule has 0 unspecified atom stereocenters. The molecule has 0 bridgehead atoms. The first-order valence-electron chi connectivity index (χ1n) is 10.3. The predicted octanol–water partition coefficient (Wildman–Crippen LogP) is 5.67. The Morgan fingerprint density at radius 3 is 2.60 bits per heavy atom. The highest BCUT2D eigenvalue weighted by molar-refractivity contribution is 8.18. The van der Waals surface area contributed by atoms with Gasteiger partial charge in [0.15, 0.2) is 16.7 Å². The van der Waals surface area contributed by atoms with E-state index in [1.165, 1.54) is 11.8 Å². The summed E-state index contributed by atoms with van der Waals surface area (Å²) in [5.74, 6) is 1.28. The first-order chi connectivity index (χ1) is 14.6. The molecule has 0 spiro atoms. The Morgan fingerprint density at radius 1 is 1.10 bits per heavy atom. The van der Waals surface area contributed by atoms with E-state index in [1.807, 2.05) is 49.4 Å². The first kappa shape index (κ1) is 22.0. The number of carbonyl (C=O) groups excluding carboxylic acids is 1. The van der Waals surface area contributed by atoms with E-state index >= 15 is 0 Å². The minimum absolute atomic E-state index is 0.0421. The molecule has 1 aliphatic heterocycles. The Bertz CT molecular complexity index is 969. The molecule has 1 heterocycles. The molecule has 1 aliphatic rings. The number of likely N-dealkylation sites (N-methyl/N-ethyl adjacent to an activating group) is 1. The summed E-state index contributed by atoms with van der Waals surface area (Å²) in [6.07, 6.45) is 3.65. The third-order valence-corrected chi connectivity index (χ3v) is 5.77. The molecule has 1 amide bonds. The molecule has 0 aliphatic carbocycles. The standard InChI is InChI=1S/C24H28N2O3S/c1-5-15-29-22-18(12-10-14-20(22)28-4)16-21-23(27)26(7-3)24(30-21)25-19-13-9-8-11-17(19)6-2/h8-14,16H,5-7,15H2,1-4H3/b21-16-,25-24?. The summed E-state index contributed by atoms with van der Waals surface area (Å²) in [5, 5.41) is 0.702. The molecule has 158 valence electrons. The van der Waals surface area contributed by atoms with Gasteiger partial charge in [-0.05, 0) is 55.3 Å². The van der Waals surface area contributed by atoms with Crippen molar-refractivity contribution in [3.8, 4) is 11.5 Å². The van der Waals surface area contributed by atoms with Crippen LogP contribution in [0.3, 0.4) is 0 Å². The van der Waals surface area contributed by atoms with Crippen LogP contribution in [-0.4, -0.2) is 36.2 Å².